The summed E-state index contributed by atoms with van der Waals surface area (Å²) in [6.07, 6.45) is -4.75. The van der Waals surface area contributed by atoms with Crippen LogP contribution in [0.15, 0.2) is 29.2 Å². The number of halogens is 4. The molecule has 120 valence electrons. The Morgan fingerprint density at radius 3 is 2.43 bits per heavy atom. The van der Waals surface area contributed by atoms with Crippen molar-refractivity contribution in [3.05, 3.63) is 29.8 Å². The lowest BCUT2D eigenvalue weighted by atomic mass is 10.2. The van der Waals surface area contributed by atoms with E-state index in [2.05, 4.69) is 0 Å². The largest absolute Gasteiger partial charge is 0.417 e. The quantitative estimate of drug-likeness (QED) is 0.744. The smallest absolute Gasteiger partial charge is 0.383 e. The number of nitrogens with zero attached hydrogens (tertiary/aromatic N) is 1. The monoisotopic (exact) mass is 345 g/mol. The van der Waals surface area contributed by atoms with Crippen LogP contribution in [0.3, 0.4) is 0 Å². The first kappa shape index (κ1) is 18.2. The zero-order chi connectivity index (χ0) is 16.3. The third-order valence-electron chi connectivity index (χ3n) is 2.68. The first-order valence-corrected chi connectivity index (χ1v) is 7.74. The molecule has 0 saturated heterocycles. The summed E-state index contributed by atoms with van der Waals surface area (Å²) in [5.74, 6) is 0. The molecule has 1 atom stereocenters. The van der Waals surface area contributed by atoms with Gasteiger partial charge in [-0.25, -0.2) is 8.42 Å². The van der Waals surface area contributed by atoms with E-state index in [9.17, 15) is 21.6 Å². The maximum atomic E-state index is 12.9. The van der Waals surface area contributed by atoms with E-state index in [-0.39, 0.29) is 13.2 Å². The van der Waals surface area contributed by atoms with Crippen LogP contribution in [0.5, 0.6) is 0 Å². The molecule has 1 rings (SSSR count). The molecule has 21 heavy (non-hydrogen) atoms. The SMILES string of the molecule is COCC(Cl)CN(C)S(=O)(=O)c1ccccc1C(F)(F)F. The minimum Gasteiger partial charge on any atom is -0.383 e. The number of alkyl halides is 4. The first-order valence-electron chi connectivity index (χ1n) is 5.86. The van der Waals surface area contributed by atoms with Crippen LogP contribution in [0, 0.1) is 0 Å². The molecule has 0 spiro atoms. The fourth-order valence-corrected chi connectivity index (χ4v) is 3.54. The van der Waals surface area contributed by atoms with Gasteiger partial charge < -0.3 is 4.74 Å². The number of hydrogen-bond acceptors (Lipinski definition) is 3. The number of hydrogen-bond donors (Lipinski definition) is 0. The third kappa shape index (κ3) is 4.57. The molecule has 1 aromatic rings. The number of ether oxygens (including phenoxy) is 1. The average Bonchev–Trinajstić information content (AvgIpc) is 2.37. The second-order valence-corrected chi connectivity index (χ2v) is 6.96. The van der Waals surface area contributed by atoms with E-state index in [4.69, 9.17) is 16.3 Å². The molecule has 0 fully saturated rings. The van der Waals surface area contributed by atoms with Gasteiger partial charge in [-0.1, -0.05) is 12.1 Å². The Morgan fingerprint density at radius 1 is 1.33 bits per heavy atom. The molecule has 0 bridgehead atoms. The highest BCUT2D eigenvalue weighted by Crippen LogP contribution is 2.34. The van der Waals surface area contributed by atoms with Crippen LogP contribution in [-0.4, -0.2) is 45.4 Å². The Bertz CT molecular complexity index is 577. The summed E-state index contributed by atoms with van der Waals surface area (Å²) >= 11 is 5.85. The number of rotatable bonds is 6. The van der Waals surface area contributed by atoms with Gasteiger partial charge in [-0.3, -0.25) is 0 Å². The van der Waals surface area contributed by atoms with Crippen LogP contribution in [-0.2, 0) is 20.9 Å². The molecule has 0 amide bonds. The van der Waals surface area contributed by atoms with E-state index in [0.29, 0.717) is 0 Å². The van der Waals surface area contributed by atoms with E-state index < -0.39 is 32.0 Å². The standard InChI is InChI=1S/C12H15ClF3NO3S/c1-17(7-9(13)8-20-2)21(18,19)11-6-4-3-5-10(11)12(14,15)16/h3-6,9H,7-8H2,1-2H3. The van der Waals surface area contributed by atoms with Crippen LogP contribution in [0.4, 0.5) is 13.2 Å². The van der Waals surface area contributed by atoms with Crippen molar-refractivity contribution in [2.24, 2.45) is 0 Å². The predicted octanol–water partition coefficient (Wildman–Crippen LogP) is 2.58. The molecule has 0 radical (unpaired) electrons. The summed E-state index contributed by atoms with van der Waals surface area (Å²) in [6, 6.07) is 4.03. The summed E-state index contributed by atoms with van der Waals surface area (Å²) < 4.78 is 68.8. The van der Waals surface area contributed by atoms with Crippen LogP contribution in [0.1, 0.15) is 5.56 Å². The van der Waals surface area contributed by atoms with Crippen molar-refractivity contribution in [2.45, 2.75) is 16.4 Å². The van der Waals surface area contributed by atoms with Crippen molar-refractivity contribution in [2.75, 3.05) is 27.3 Å². The van der Waals surface area contributed by atoms with Crippen molar-refractivity contribution in [1.82, 2.24) is 4.31 Å². The molecule has 0 N–H and O–H groups in total. The van der Waals surface area contributed by atoms with Crippen molar-refractivity contribution in [1.29, 1.82) is 0 Å². The zero-order valence-electron chi connectivity index (χ0n) is 11.4. The van der Waals surface area contributed by atoms with Gasteiger partial charge in [0.05, 0.1) is 22.4 Å². The van der Waals surface area contributed by atoms with Crippen molar-refractivity contribution in [3.63, 3.8) is 0 Å². The maximum absolute atomic E-state index is 12.9. The number of benzene rings is 1. The Morgan fingerprint density at radius 2 is 1.90 bits per heavy atom. The molecule has 1 aromatic carbocycles. The summed E-state index contributed by atoms with van der Waals surface area (Å²) in [6.45, 7) is -0.0771. The molecule has 0 aliphatic rings. The van der Waals surface area contributed by atoms with E-state index in [0.717, 1.165) is 22.5 Å². The van der Waals surface area contributed by atoms with E-state index in [1.807, 2.05) is 0 Å². The van der Waals surface area contributed by atoms with Gasteiger partial charge in [0.25, 0.3) is 0 Å². The van der Waals surface area contributed by atoms with Gasteiger partial charge in [0.2, 0.25) is 10.0 Å². The number of sulfonamides is 1. The summed E-state index contributed by atoms with van der Waals surface area (Å²) in [4.78, 5) is -0.790. The first-order chi connectivity index (χ1) is 9.60. The molecule has 9 heteroatoms. The third-order valence-corrected chi connectivity index (χ3v) is 4.83. The maximum Gasteiger partial charge on any atom is 0.417 e. The van der Waals surface area contributed by atoms with E-state index in [1.165, 1.54) is 20.2 Å². The fraction of sp³-hybridized carbons (Fsp3) is 0.500. The van der Waals surface area contributed by atoms with Gasteiger partial charge in [-0.2, -0.15) is 17.5 Å². The molecule has 1 unspecified atom stereocenters. The molecule has 0 heterocycles. The predicted molar refractivity (Wildman–Crippen MR) is 72.8 cm³/mol. The lowest BCUT2D eigenvalue weighted by Crippen LogP contribution is -2.35. The lowest BCUT2D eigenvalue weighted by Gasteiger charge is -2.22. The highest BCUT2D eigenvalue weighted by atomic mass is 35.5. The molecule has 0 saturated carbocycles. The van der Waals surface area contributed by atoms with Crippen molar-refractivity contribution < 1.29 is 26.3 Å². The van der Waals surface area contributed by atoms with E-state index >= 15 is 0 Å². The van der Waals surface area contributed by atoms with Crippen LogP contribution in [0.25, 0.3) is 0 Å². The van der Waals surface area contributed by atoms with Crippen LogP contribution < -0.4 is 0 Å². The minimum atomic E-state index is -4.75. The topological polar surface area (TPSA) is 46.6 Å². The normalized spacial score (nSPS) is 14.4. The average molecular weight is 346 g/mol. The molecule has 0 aliphatic carbocycles. The van der Waals surface area contributed by atoms with Gasteiger partial charge in [-0.15, -0.1) is 11.6 Å². The fourth-order valence-electron chi connectivity index (χ4n) is 1.70. The minimum absolute atomic E-state index is 0.0856. The van der Waals surface area contributed by atoms with Gasteiger partial charge in [0.1, 0.15) is 0 Å². The van der Waals surface area contributed by atoms with Crippen LogP contribution >= 0.6 is 11.6 Å². The Kier molecular flexibility index (Phi) is 6.03. The Labute approximate surface area is 126 Å². The number of methoxy groups -OCH3 is 1. The van der Waals surface area contributed by atoms with Gasteiger partial charge in [-0.05, 0) is 12.1 Å². The molecule has 0 aliphatic heterocycles. The van der Waals surface area contributed by atoms with Gasteiger partial charge >= 0.3 is 6.18 Å². The molecule has 0 aromatic heterocycles. The zero-order valence-corrected chi connectivity index (χ0v) is 13.0. The van der Waals surface area contributed by atoms with Gasteiger partial charge in [0.15, 0.2) is 0 Å². The molecule has 4 nitrogen and oxygen atoms in total. The van der Waals surface area contributed by atoms with Crippen molar-refractivity contribution in [3.8, 4) is 0 Å². The van der Waals surface area contributed by atoms with Crippen molar-refractivity contribution >= 4 is 21.6 Å². The molecular formula is C12H15ClF3NO3S. The summed E-state index contributed by atoms with van der Waals surface area (Å²) in [5, 5.41) is -0.659. The van der Waals surface area contributed by atoms with Gasteiger partial charge in [0, 0.05) is 20.7 Å². The second kappa shape index (κ2) is 6.95. The highest BCUT2D eigenvalue weighted by molar-refractivity contribution is 7.89. The summed E-state index contributed by atoms with van der Waals surface area (Å²) in [7, 11) is -1.73. The van der Waals surface area contributed by atoms with Crippen LogP contribution in [0.2, 0.25) is 0 Å². The molecular weight excluding hydrogens is 331 g/mol. The summed E-state index contributed by atoms with van der Waals surface area (Å²) in [5.41, 5.74) is -1.20. The van der Waals surface area contributed by atoms with E-state index in [1.54, 1.807) is 0 Å². The lowest BCUT2D eigenvalue weighted by molar-refractivity contribution is -0.139. The Hall–Kier alpha value is -0.830. The Balaban J connectivity index is 3.14. The highest BCUT2D eigenvalue weighted by Gasteiger charge is 2.38. The second-order valence-electron chi connectivity index (χ2n) is 4.33.